The summed E-state index contributed by atoms with van der Waals surface area (Å²) < 4.78 is 10.5. The molecule has 1 heterocycles. The Labute approximate surface area is 214 Å². The molecule has 3 rings (SSSR count). The van der Waals surface area contributed by atoms with Crippen LogP contribution in [0.3, 0.4) is 0 Å². The van der Waals surface area contributed by atoms with Gasteiger partial charge in [-0.05, 0) is 23.1 Å². The average Bonchev–Trinajstić information content (AvgIpc) is 2.92. The second-order valence-electron chi connectivity index (χ2n) is 9.30. The molecule has 0 spiro atoms. The summed E-state index contributed by atoms with van der Waals surface area (Å²) in [6, 6.07) is 15.7. The van der Waals surface area contributed by atoms with Gasteiger partial charge in [-0.15, -0.1) is 0 Å². The minimum absolute atomic E-state index is 0.120. The summed E-state index contributed by atoms with van der Waals surface area (Å²) in [6.45, 7) is 2.56. The summed E-state index contributed by atoms with van der Waals surface area (Å²) in [4.78, 5) is 40.4. The lowest BCUT2D eigenvalue weighted by Crippen LogP contribution is -2.55. The number of fused-ring (bicyclic) bond motifs is 1. The van der Waals surface area contributed by atoms with Gasteiger partial charge in [0.1, 0.15) is 18.7 Å². The second-order valence-corrected chi connectivity index (χ2v) is 9.30. The third-order valence-electron chi connectivity index (χ3n) is 6.64. The lowest BCUT2D eigenvalue weighted by atomic mass is 9.93. The van der Waals surface area contributed by atoms with Gasteiger partial charge in [0.05, 0.1) is 13.7 Å². The van der Waals surface area contributed by atoms with Crippen LogP contribution < -0.4 is 5.32 Å². The van der Waals surface area contributed by atoms with Gasteiger partial charge in [0, 0.05) is 6.42 Å². The van der Waals surface area contributed by atoms with Gasteiger partial charge in [0.25, 0.3) is 0 Å². The van der Waals surface area contributed by atoms with Crippen molar-refractivity contribution >= 4 is 18.0 Å². The first-order valence-electron chi connectivity index (χ1n) is 13.0. The molecular formula is C29H38N2O5. The third kappa shape index (κ3) is 7.83. The van der Waals surface area contributed by atoms with Gasteiger partial charge in [0.15, 0.2) is 0 Å². The van der Waals surface area contributed by atoms with E-state index in [0.717, 1.165) is 36.0 Å². The van der Waals surface area contributed by atoms with E-state index in [4.69, 9.17) is 9.47 Å². The van der Waals surface area contributed by atoms with Crippen LogP contribution in [0.1, 0.15) is 68.6 Å². The van der Waals surface area contributed by atoms with Crippen LogP contribution in [-0.2, 0) is 38.6 Å². The van der Waals surface area contributed by atoms with E-state index in [1.165, 1.54) is 31.3 Å². The molecule has 2 aromatic carbocycles. The minimum atomic E-state index is -0.778. The molecule has 7 heteroatoms. The maximum Gasteiger partial charge on any atom is 0.411 e. The van der Waals surface area contributed by atoms with Crippen molar-refractivity contribution in [3.8, 4) is 0 Å². The van der Waals surface area contributed by atoms with Crippen LogP contribution in [0.25, 0.3) is 0 Å². The largest absolute Gasteiger partial charge is 0.467 e. The molecule has 0 aromatic heterocycles. The molecule has 2 atom stereocenters. The van der Waals surface area contributed by atoms with E-state index in [0.29, 0.717) is 12.8 Å². The Kier molecular flexibility index (Phi) is 10.8. The van der Waals surface area contributed by atoms with Crippen molar-refractivity contribution in [1.29, 1.82) is 0 Å². The fraction of sp³-hybridized carbons (Fsp3) is 0.483. The van der Waals surface area contributed by atoms with Gasteiger partial charge in [-0.25, -0.2) is 9.59 Å². The van der Waals surface area contributed by atoms with Gasteiger partial charge in [-0.3, -0.25) is 9.69 Å². The van der Waals surface area contributed by atoms with Crippen molar-refractivity contribution in [1.82, 2.24) is 10.2 Å². The number of rotatable bonds is 12. The third-order valence-corrected chi connectivity index (χ3v) is 6.64. The van der Waals surface area contributed by atoms with E-state index in [-0.39, 0.29) is 19.1 Å². The smallest absolute Gasteiger partial charge is 0.411 e. The Morgan fingerprint density at radius 1 is 0.944 bits per heavy atom. The predicted octanol–water partition coefficient (Wildman–Crippen LogP) is 5.16. The van der Waals surface area contributed by atoms with Crippen LogP contribution >= 0.6 is 0 Å². The van der Waals surface area contributed by atoms with Crippen LogP contribution in [0.4, 0.5) is 4.79 Å². The number of nitrogens with one attached hydrogen (secondary N) is 1. The Bertz CT molecular complexity index is 994. The molecule has 2 amide bonds. The molecule has 0 unspecified atom stereocenters. The number of esters is 1. The lowest BCUT2D eigenvalue weighted by molar-refractivity contribution is -0.146. The van der Waals surface area contributed by atoms with Gasteiger partial charge in [-0.1, -0.05) is 100 Å². The second kappa shape index (κ2) is 14.3. The highest BCUT2D eigenvalue weighted by Crippen LogP contribution is 2.25. The Morgan fingerprint density at radius 3 is 2.33 bits per heavy atom. The van der Waals surface area contributed by atoms with Gasteiger partial charge < -0.3 is 14.8 Å². The number of nitrogens with zero attached hydrogens (tertiary/aromatic N) is 1. The molecule has 36 heavy (non-hydrogen) atoms. The van der Waals surface area contributed by atoms with Crippen molar-refractivity contribution in [2.24, 2.45) is 0 Å². The summed E-state index contributed by atoms with van der Waals surface area (Å²) in [5.41, 5.74) is 2.86. The van der Waals surface area contributed by atoms with E-state index in [1.807, 2.05) is 54.6 Å². The summed E-state index contributed by atoms with van der Waals surface area (Å²) in [5.74, 6) is -0.839. The number of hydrogen-bond donors (Lipinski definition) is 1. The van der Waals surface area contributed by atoms with Crippen molar-refractivity contribution in [2.75, 3.05) is 7.11 Å². The van der Waals surface area contributed by atoms with Gasteiger partial charge in [-0.2, -0.15) is 0 Å². The fourth-order valence-corrected chi connectivity index (χ4v) is 4.54. The quantitative estimate of drug-likeness (QED) is 0.325. The normalized spacial score (nSPS) is 15.5. The number of carbonyl (C=O) groups is 3. The predicted molar refractivity (Wildman–Crippen MR) is 138 cm³/mol. The van der Waals surface area contributed by atoms with E-state index >= 15 is 0 Å². The zero-order chi connectivity index (χ0) is 25.8. The first kappa shape index (κ1) is 27.2. The summed E-state index contributed by atoms with van der Waals surface area (Å²) in [6.07, 6.45) is 6.78. The van der Waals surface area contributed by atoms with Crippen LogP contribution in [0.2, 0.25) is 0 Å². The standard InChI is InChI=1S/C29H38N2O5/c1-3-4-5-6-7-11-18-25(28(33)35-2)30-27(32)26-19-23-16-12-13-17-24(23)20-31(26)29(34)36-21-22-14-9-8-10-15-22/h8-10,12-17,25-26H,3-7,11,18-21H2,1-2H3,(H,30,32)/t25-,26-/m0/s1. The maximum atomic E-state index is 13.4. The molecule has 0 saturated heterocycles. The number of methoxy groups -OCH3 is 1. The number of hydrogen-bond acceptors (Lipinski definition) is 5. The summed E-state index contributed by atoms with van der Waals surface area (Å²) >= 11 is 0. The molecule has 0 fully saturated rings. The van der Waals surface area contributed by atoms with Crippen molar-refractivity contribution < 1.29 is 23.9 Å². The van der Waals surface area contributed by atoms with E-state index in [9.17, 15) is 14.4 Å². The zero-order valence-electron chi connectivity index (χ0n) is 21.4. The monoisotopic (exact) mass is 494 g/mol. The molecule has 2 aromatic rings. The van der Waals surface area contributed by atoms with Crippen LogP contribution in [-0.4, -0.2) is 42.1 Å². The topological polar surface area (TPSA) is 84.9 Å². The Morgan fingerprint density at radius 2 is 1.61 bits per heavy atom. The number of unbranched alkanes of at least 4 members (excludes halogenated alkanes) is 5. The minimum Gasteiger partial charge on any atom is -0.467 e. The maximum absolute atomic E-state index is 13.4. The van der Waals surface area contributed by atoms with E-state index in [2.05, 4.69) is 12.2 Å². The van der Waals surface area contributed by atoms with Gasteiger partial charge >= 0.3 is 12.1 Å². The summed E-state index contributed by atoms with van der Waals surface area (Å²) in [5, 5.41) is 2.87. The molecule has 7 nitrogen and oxygen atoms in total. The molecule has 0 aliphatic carbocycles. The number of amides is 2. The van der Waals surface area contributed by atoms with Crippen LogP contribution in [0.5, 0.6) is 0 Å². The molecule has 0 saturated carbocycles. The fourth-order valence-electron chi connectivity index (χ4n) is 4.54. The molecular weight excluding hydrogens is 456 g/mol. The van der Waals surface area contributed by atoms with Crippen molar-refractivity contribution in [3.05, 3.63) is 71.3 Å². The van der Waals surface area contributed by atoms with Crippen molar-refractivity contribution in [3.63, 3.8) is 0 Å². The van der Waals surface area contributed by atoms with E-state index < -0.39 is 24.1 Å². The Balaban J connectivity index is 1.68. The number of ether oxygens (including phenoxy) is 2. The van der Waals surface area contributed by atoms with Crippen LogP contribution in [0.15, 0.2) is 54.6 Å². The molecule has 194 valence electrons. The lowest BCUT2D eigenvalue weighted by Gasteiger charge is -2.35. The molecule has 0 radical (unpaired) electrons. The summed E-state index contributed by atoms with van der Waals surface area (Å²) in [7, 11) is 1.33. The highest BCUT2D eigenvalue weighted by atomic mass is 16.6. The average molecular weight is 495 g/mol. The Hall–Kier alpha value is -3.35. The van der Waals surface area contributed by atoms with Crippen LogP contribution in [0, 0.1) is 0 Å². The molecule has 1 aliphatic rings. The van der Waals surface area contributed by atoms with E-state index in [1.54, 1.807) is 0 Å². The first-order valence-corrected chi connectivity index (χ1v) is 13.0. The molecule has 0 bridgehead atoms. The number of carbonyl (C=O) groups excluding carboxylic acids is 3. The van der Waals surface area contributed by atoms with Crippen molar-refractivity contribution in [2.45, 2.75) is 83.5 Å². The molecule has 1 N–H and O–H groups in total. The molecule has 1 aliphatic heterocycles. The highest BCUT2D eigenvalue weighted by molar-refractivity contribution is 5.90. The first-order chi connectivity index (χ1) is 17.5. The SMILES string of the molecule is CCCCCCCC[C@H](NC(=O)[C@@H]1Cc2ccccc2CN1C(=O)OCc1ccccc1)C(=O)OC. The number of benzene rings is 2. The zero-order valence-corrected chi connectivity index (χ0v) is 21.4. The van der Waals surface area contributed by atoms with Gasteiger partial charge in [0.2, 0.25) is 5.91 Å². The highest BCUT2D eigenvalue weighted by Gasteiger charge is 2.37.